The third kappa shape index (κ3) is 2.53. The Hall–Kier alpha value is -1.82. The van der Waals surface area contributed by atoms with E-state index in [1.807, 2.05) is 6.92 Å². The van der Waals surface area contributed by atoms with Gasteiger partial charge in [0.05, 0.1) is 15.9 Å². The lowest BCUT2D eigenvalue weighted by Crippen LogP contribution is -2.12. The van der Waals surface area contributed by atoms with Crippen LogP contribution in [0.15, 0.2) is 28.9 Å². The van der Waals surface area contributed by atoms with Crippen LogP contribution in [0.25, 0.3) is 0 Å². The van der Waals surface area contributed by atoms with E-state index < -0.39 is 0 Å². The van der Waals surface area contributed by atoms with E-state index in [2.05, 4.69) is 26.3 Å². The summed E-state index contributed by atoms with van der Waals surface area (Å²) >= 11 is 3.17. The van der Waals surface area contributed by atoms with Gasteiger partial charge in [0.1, 0.15) is 5.75 Å². The van der Waals surface area contributed by atoms with Crippen LogP contribution < -0.4 is 5.32 Å². The third-order valence-corrected chi connectivity index (χ3v) is 3.14. The Labute approximate surface area is 113 Å². The molecule has 1 aromatic heterocycles. The predicted molar refractivity (Wildman–Crippen MR) is 71.7 cm³/mol. The molecule has 5 nitrogen and oxygen atoms in total. The summed E-state index contributed by atoms with van der Waals surface area (Å²) in [6.45, 7) is 1.81. The Kier molecular flexibility index (Phi) is 3.38. The van der Waals surface area contributed by atoms with Gasteiger partial charge in [-0.3, -0.25) is 9.48 Å². The largest absolute Gasteiger partial charge is 0.507 e. The molecule has 94 valence electrons. The van der Waals surface area contributed by atoms with Crippen LogP contribution in [0.5, 0.6) is 5.75 Å². The number of hydrogen-bond donors (Lipinski definition) is 2. The van der Waals surface area contributed by atoms with Crippen molar-refractivity contribution in [2.75, 3.05) is 5.32 Å². The van der Waals surface area contributed by atoms with E-state index in [-0.39, 0.29) is 11.7 Å². The number of aromatic nitrogens is 2. The minimum atomic E-state index is -0.283. The van der Waals surface area contributed by atoms with Crippen LogP contribution in [0.1, 0.15) is 16.1 Å². The summed E-state index contributed by atoms with van der Waals surface area (Å²) in [5.41, 5.74) is 1.79. The average molecular weight is 310 g/mol. The first kappa shape index (κ1) is 12.6. The molecule has 0 bridgehead atoms. The van der Waals surface area contributed by atoms with Gasteiger partial charge in [-0.1, -0.05) is 0 Å². The normalized spacial score (nSPS) is 10.4. The topological polar surface area (TPSA) is 67.2 Å². The van der Waals surface area contributed by atoms with Gasteiger partial charge in [-0.2, -0.15) is 5.10 Å². The first-order valence-electron chi connectivity index (χ1n) is 5.27. The van der Waals surface area contributed by atoms with Crippen LogP contribution in [-0.2, 0) is 7.05 Å². The van der Waals surface area contributed by atoms with Crippen molar-refractivity contribution in [1.29, 1.82) is 0 Å². The van der Waals surface area contributed by atoms with E-state index in [1.165, 1.54) is 6.07 Å². The average Bonchev–Trinajstić information content (AvgIpc) is 2.61. The van der Waals surface area contributed by atoms with Crippen LogP contribution in [0, 0.1) is 6.92 Å². The molecule has 0 aliphatic heterocycles. The molecule has 0 saturated carbocycles. The van der Waals surface area contributed by atoms with Crippen LogP contribution >= 0.6 is 15.9 Å². The monoisotopic (exact) mass is 309 g/mol. The lowest BCUT2D eigenvalue weighted by molar-refractivity contribution is 0.102. The van der Waals surface area contributed by atoms with E-state index in [9.17, 15) is 9.90 Å². The molecule has 0 unspecified atom stereocenters. The Morgan fingerprint density at radius 3 is 2.78 bits per heavy atom. The van der Waals surface area contributed by atoms with Gasteiger partial charge in [0, 0.05) is 18.8 Å². The zero-order chi connectivity index (χ0) is 13.3. The molecule has 1 heterocycles. The number of benzene rings is 1. The Bertz CT molecular complexity index is 607. The fourth-order valence-corrected chi connectivity index (χ4v) is 1.82. The minimum Gasteiger partial charge on any atom is -0.507 e. The van der Waals surface area contributed by atoms with Crippen molar-refractivity contribution in [3.05, 3.63) is 40.1 Å². The quantitative estimate of drug-likeness (QED) is 0.895. The highest BCUT2D eigenvalue weighted by Gasteiger charge is 2.11. The molecule has 0 saturated heterocycles. The predicted octanol–water partition coefficient (Wildman–Crippen LogP) is 2.45. The van der Waals surface area contributed by atoms with Crippen LogP contribution in [-0.4, -0.2) is 20.8 Å². The fourth-order valence-electron chi connectivity index (χ4n) is 1.57. The minimum absolute atomic E-state index is 0.0329. The van der Waals surface area contributed by atoms with E-state index in [4.69, 9.17) is 0 Å². The molecule has 1 amide bonds. The number of aromatic hydroxyl groups is 1. The molecule has 0 aliphatic rings. The van der Waals surface area contributed by atoms with Crippen LogP contribution in [0.2, 0.25) is 0 Å². The van der Waals surface area contributed by atoms with E-state index >= 15 is 0 Å². The summed E-state index contributed by atoms with van der Waals surface area (Å²) in [5.74, 6) is -0.251. The van der Waals surface area contributed by atoms with Gasteiger partial charge in [-0.15, -0.1) is 0 Å². The first-order chi connectivity index (χ1) is 8.47. The molecule has 0 fully saturated rings. The number of amides is 1. The number of aryl methyl sites for hydroxylation is 2. The molecular weight excluding hydrogens is 298 g/mol. The molecule has 2 rings (SSSR count). The van der Waals surface area contributed by atoms with Crippen molar-refractivity contribution in [2.24, 2.45) is 7.05 Å². The SMILES string of the molecule is Cc1nn(C)cc1NC(=O)c1ccc(Br)c(O)c1. The van der Waals surface area contributed by atoms with Gasteiger partial charge >= 0.3 is 0 Å². The molecule has 18 heavy (non-hydrogen) atoms. The van der Waals surface area contributed by atoms with Gasteiger partial charge in [0.25, 0.3) is 5.91 Å². The maximum absolute atomic E-state index is 12.0. The number of nitrogens with zero attached hydrogens (tertiary/aromatic N) is 2. The van der Waals surface area contributed by atoms with Crippen molar-refractivity contribution in [2.45, 2.75) is 6.92 Å². The number of phenols is 1. The summed E-state index contributed by atoms with van der Waals surface area (Å²) in [7, 11) is 1.79. The van der Waals surface area contributed by atoms with Crippen molar-refractivity contribution in [3.63, 3.8) is 0 Å². The third-order valence-electron chi connectivity index (χ3n) is 2.47. The molecule has 0 spiro atoms. The van der Waals surface area contributed by atoms with Crippen molar-refractivity contribution in [3.8, 4) is 5.75 Å². The van der Waals surface area contributed by atoms with Crippen LogP contribution in [0.4, 0.5) is 5.69 Å². The highest BCUT2D eigenvalue weighted by Crippen LogP contribution is 2.24. The maximum Gasteiger partial charge on any atom is 0.255 e. The number of halogens is 1. The zero-order valence-electron chi connectivity index (χ0n) is 9.94. The summed E-state index contributed by atoms with van der Waals surface area (Å²) in [5, 5.41) is 16.4. The molecule has 0 atom stereocenters. The number of anilines is 1. The molecular formula is C12H12BrN3O2. The molecule has 2 N–H and O–H groups in total. The Morgan fingerprint density at radius 1 is 1.50 bits per heavy atom. The summed E-state index contributed by atoms with van der Waals surface area (Å²) in [6, 6.07) is 4.66. The lowest BCUT2D eigenvalue weighted by Gasteiger charge is -2.04. The standard InChI is InChI=1S/C12H12BrN3O2/c1-7-10(6-16(2)15-7)14-12(18)8-3-4-9(13)11(17)5-8/h3-6,17H,1-2H3,(H,14,18). The second-order valence-corrected chi connectivity index (χ2v) is 4.78. The number of rotatable bonds is 2. The van der Waals surface area contributed by atoms with Crippen molar-refractivity contribution >= 4 is 27.5 Å². The van der Waals surface area contributed by atoms with Crippen LogP contribution in [0.3, 0.4) is 0 Å². The second kappa shape index (κ2) is 4.81. The highest BCUT2D eigenvalue weighted by molar-refractivity contribution is 9.10. The number of phenolic OH excluding ortho intramolecular Hbond substituents is 1. The molecule has 6 heteroatoms. The van der Waals surface area contributed by atoms with Gasteiger partial charge in [-0.25, -0.2) is 0 Å². The molecule has 0 radical (unpaired) electrons. The maximum atomic E-state index is 12.0. The number of nitrogens with one attached hydrogen (secondary N) is 1. The van der Waals surface area contributed by atoms with E-state index in [0.717, 1.165) is 5.69 Å². The summed E-state index contributed by atoms with van der Waals surface area (Å²) in [6.07, 6.45) is 1.73. The van der Waals surface area contributed by atoms with Crippen molar-refractivity contribution < 1.29 is 9.90 Å². The van der Waals surface area contributed by atoms with Gasteiger partial charge in [0.15, 0.2) is 0 Å². The number of carbonyl (C=O) groups is 1. The Balaban J connectivity index is 2.22. The fraction of sp³-hybridized carbons (Fsp3) is 0.167. The molecule has 2 aromatic rings. The van der Waals surface area contributed by atoms with Gasteiger partial charge < -0.3 is 10.4 Å². The number of hydrogen-bond acceptors (Lipinski definition) is 3. The first-order valence-corrected chi connectivity index (χ1v) is 6.07. The molecule has 0 aliphatic carbocycles. The second-order valence-electron chi connectivity index (χ2n) is 3.92. The highest BCUT2D eigenvalue weighted by atomic mass is 79.9. The van der Waals surface area contributed by atoms with Gasteiger partial charge in [-0.05, 0) is 41.1 Å². The van der Waals surface area contributed by atoms with Crippen molar-refractivity contribution in [1.82, 2.24) is 9.78 Å². The summed E-state index contributed by atoms with van der Waals surface area (Å²) in [4.78, 5) is 12.0. The smallest absolute Gasteiger partial charge is 0.255 e. The lowest BCUT2D eigenvalue weighted by atomic mass is 10.2. The Morgan fingerprint density at radius 2 is 2.22 bits per heavy atom. The zero-order valence-corrected chi connectivity index (χ0v) is 11.5. The molecule has 1 aromatic carbocycles. The number of carbonyl (C=O) groups excluding carboxylic acids is 1. The van der Waals surface area contributed by atoms with E-state index in [0.29, 0.717) is 15.7 Å². The van der Waals surface area contributed by atoms with Gasteiger partial charge in [0.2, 0.25) is 0 Å². The summed E-state index contributed by atoms with van der Waals surface area (Å²) < 4.78 is 2.18. The van der Waals surface area contributed by atoms with E-state index in [1.54, 1.807) is 30.1 Å².